The zero-order chi connectivity index (χ0) is 27.0. The van der Waals surface area contributed by atoms with Gasteiger partial charge in [-0.2, -0.15) is 5.10 Å². The van der Waals surface area contributed by atoms with E-state index in [0.717, 1.165) is 11.8 Å². The highest BCUT2D eigenvalue weighted by molar-refractivity contribution is 6.34. The largest absolute Gasteiger partial charge is 0.464 e. The fraction of sp³-hybridized carbons (Fsp3) is 0.259. The number of nitrogens with zero attached hydrogens (tertiary/aromatic N) is 3. The van der Waals surface area contributed by atoms with E-state index >= 15 is 8.78 Å². The minimum absolute atomic E-state index is 0.0345. The molecule has 11 heteroatoms. The average Bonchev–Trinajstić information content (AvgIpc) is 3.47. The molecular weight excluding hydrogens is 518 g/mol. The summed E-state index contributed by atoms with van der Waals surface area (Å²) in [6.45, 7) is 1.69. The molecule has 8 nitrogen and oxygen atoms in total. The maximum absolute atomic E-state index is 15.4. The summed E-state index contributed by atoms with van der Waals surface area (Å²) in [6, 6.07) is 11.9. The van der Waals surface area contributed by atoms with Gasteiger partial charge in [0.05, 0.1) is 34.3 Å². The highest BCUT2D eigenvalue weighted by Gasteiger charge is 2.42. The van der Waals surface area contributed by atoms with E-state index in [0.29, 0.717) is 5.69 Å². The predicted molar refractivity (Wildman–Crippen MR) is 136 cm³/mol. The van der Waals surface area contributed by atoms with Crippen molar-refractivity contribution in [1.29, 1.82) is 0 Å². The van der Waals surface area contributed by atoms with Crippen LogP contribution in [0, 0.1) is 6.92 Å². The molecule has 1 aromatic heterocycles. The van der Waals surface area contributed by atoms with Gasteiger partial charge in [0.25, 0.3) is 11.8 Å². The number of esters is 1. The summed E-state index contributed by atoms with van der Waals surface area (Å²) in [4.78, 5) is 39.2. The molecule has 3 heterocycles. The lowest BCUT2D eigenvalue weighted by molar-refractivity contribution is -0.140. The highest BCUT2D eigenvalue weighted by atomic mass is 35.5. The van der Waals surface area contributed by atoms with Gasteiger partial charge in [0.1, 0.15) is 6.04 Å². The van der Waals surface area contributed by atoms with Crippen LogP contribution in [-0.2, 0) is 14.3 Å². The van der Waals surface area contributed by atoms with Crippen molar-refractivity contribution in [2.45, 2.75) is 31.7 Å². The van der Waals surface area contributed by atoms with Crippen molar-refractivity contribution in [2.24, 2.45) is 0 Å². The van der Waals surface area contributed by atoms with Gasteiger partial charge in [0, 0.05) is 42.8 Å². The van der Waals surface area contributed by atoms with E-state index in [1.165, 1.54) is 17.0 Å². The van der Waals surface area contributed by atoms with E-state index in [4.69, 9.17) is 16.3 Å². The number of allylic oxidation sites excluding steroid dienone is 1. The van der Waals surface area contributed by atoms with Crippen LogP contribution in [0.25, 0.3) is 11.3 Å². The zero-order valence-corrected chi connectivity index (χ0v) is 21.0. The van der Waals surface area contributed by atoms with Crippen molar-refractivity contribution in [3.05, 3.63) is 82.6 Å². The van der Waals surface area contributed by atoms with Crippen LogP contribution in [-0.4, -0.2) is 52.7 Å². The van der Waals surface area contributed by atoms with Crippen molar-refractivity contribution >= 4 is 40.6 Å². The first-order chi connectivity index (χ1) is 18.1. The second kappa shape index (κ2) is 10.0. The number of benzene rings is 2. The molecule has 1 fully saturated rings. The number of nitrogens with one attached hydrogen (secondary N) is 1. The summed E-state index contributed by atoms with van der Waals surface area (Å²) in [5.74, 6) is -5.43. The SMILES string of the molecule is Cc1ccn(-c2ccc(C(=O)N3CCC(F)(F)/C(=C\C(=O)NC4CCOC4=O)c4ccccc43)c(Cl)c2)n1. The second-order valence-electron chi connectivity index (χ2n) is 9.07. The molecule has 0 spiro atoms. The number of hydrogen-bond acceptors (Lipinski definition) is 5. The number of ether oxygens (including phenoxy) is 1. The van der Waals surface area contributed by atoms with Gasteiger partial charge >= 0.3 is 5.97 Å². The Kier molecular flexibility index (Phi) is 6.75. The zero-order valence-electron chi connectivity index (χ0n) is 20.3. The van der Waals surface area contributed by atoms with Crippen LogP contribution in [0.1, 0.15) is 34.5 Å². The average molecular weight is 541 g/mol. The van der Waals surface area contributed by atoms with Crippen molar-refractivity contribution in [1.82, 2.24) is 15.1 Å². The number of para-hydroxylation sites is 1. The number of aromatic nitrogens is 2. The lowest BCUT2D eigenvalue weighted by Gasteiger charge is -2.23. The number of carbonyl (C=O) groups excluding carboxylic acids is 3. The first kappa shape index (κ1) is 25.6. The molecule has 2 aromatic carbocycles. The van der Waals surface area contributed by atoms with Crippen LogP contribution < -0.4 is 10.2 Å². The summed E-state index contributed by atoms with van der Waals surface area (Å²) in [5.41, 5.74) is 1.31. The van der Waals surface area contributed by atoms with Gasteiger partial charge in [0.15, 0.2) is 0 Å². The fourth-order valence-corrected chi connectivity index (χ4v) is 4.79. The van der Waals surface area contributed by atoms with Crippen molar-refractivity contribution in [3.63, 3.8) is 0 Å². The minimum Gasteiger partial charge on any atom is -0.464 e. The third-order valence-electron chi connectivity index (χ3n) is 6.47. The molecule has 2 amide bonds. The molecule has 38 heavy (non-hydrogen) atoms. The summed E-state index contributed by atoms with van der Waals surface area (Å²) in [5, 5.41) is 6.90. The number of carbonyl (C=O) groups is 3. The number of rotatable bonds is 4. The monoisotopic (exact) mass is 540 g/mol. The van der Waals surface area contributed by atoms with Gasteiger partial charge in [0.2, 0.25) is 5.91 Å². The fourth-order valence-electron chi connectivity index (χ4n) is 4.53. The summed E-state index contributed by atoms with van der Waals surface area (Å²) in [6.07, 6.45) is 2.10. The summed E-state index contributed by atoms with van der Waals surface area (Å²) in [7, 11) is 0. The normalized spacial score (nSPS) is 19.6. The van der Waals surface area contributed by atoms with Crippen LogP contribution in [0.5, 0.6) is 0 Å². The van der Waals surface area contributed by atoms with Crippen LogP contribution in [0.3, 0.4) is 0 Å². The summed E-state index contributed by atoms with van der Waals surface area (Å²) < 4.78 is 37.2. The Bertz CT molecular complexity index is 1470. The van der Waals surface area contributed by atoms with E-state index in [9.17, 15) is 14.4 Å². The Labute approximate surface area is 221 Å². The molecule has 5 rings (SSSR count). The first-order valence-corrected chi connectivity index (χ1v) is 12.3. The number of anilines is 1. The number of alkyl halides is 2. The highest BCUT2D eigenvalue weighted by Crippen LogP contribution is 2.43. The van der Waals surface area contributed by atoms with E-state index in [1.54, 1.807) is 41.2 Å². The number of amides is 2. The topological polar surface area (TPSA) is 93.5 Å². The molecule has 2 aliphatic heterocycles. The predicted octanol–water partition coefficient (Wildman–Crippen LogP) is 4.34. The molecule has 1 unspecified atom stereocenters. The Morgan fingerprint density at radius 3 is 2.68 bits per heavy atom. The van der Waals surface area contributed by atoms with Crippen LogP contribution in [0.4, 0.5) is 14.5 Å². The van der Waals surface area contributed by atoms with E-state index < -0.39 is 41.7 Å². The number of aryl methyl sites for hydroxylation is 1. The van der Waals surface area contributed by atoms with E-state index in [-0.39, 0.29) is 41.4 Å². The second-order valence-corrected chi connectivity index (χ2v) is 9.48. The summed E-state index contributed by atoms with van der Waals surface area (Å²) >= 11 is 6.48. The quantitative estimate of drug-likeness (QED) is 0.393. The molecular formula is C27H23ClF2N4O4. The van der Waals surface area contributed by atoms with Gasteiger partial charge in [-0.15, -0.1) is 0 Å². The third kappa shape index (κ3) is 4.91. The molecule has 1 atom stereocenters. The standard InChI is InChI=1S/C27H23ClF2N4O4/c1-16-8-11-34(32-16)17-6-7-19(21(28)14-17)25(36)33-12-10-27(29,30)20(18-4-2-3-5-23(18)33)15-24(35)31-22-9-13-38-26(22)37/h2-8,11,14-15,22H,9-10,12-13H2,1H3,(H,31,35)/b20-15-. The number of fused-ring (bicyclic) bond motifs is 1. The van der Waals surface area contributed by atoms with Crippen molar-refractivity contribution < 1.29 is 27.9 Å². The van der Waals surface area contributed by atoms with Gasteiger partial charge in [-0.3, -0.25) is 9.59 Å². The Morgan fingerprint density at radius 2 is 2.00 bits per heavy atom. The Morgan fingerprint density at radius 1 is 1.21 bits per heavy atom. The molecule has 1 N–H and O–H groups in total. The molecule has 2 aliphatic rings. The number of hydrogen-bond donors (Lipinski definition) is 1. The first-order valence-electron chi connectivity index (χ1n) is 11.9. The maximum atomic E-state index is 15.4. The lowest BCUT2D eigenvalue weighted by Crippen LogP contribution is -2.37. The molecule has 0 saturated carbocycles. The molecule has 0 aliphatic carbocycles. The molecule has 0 radical (unpaired) electrons. The number of cyclic esters (lactones) is 1. The minimum atomic E-state index is -3.43. The van der Waals surface area contributed by atoms with Crippen molar-refractivity contribution in [2.75, 3.05) is 18.1 Å². The Balaban J connectivity index is 1.48. The van der Waals surface area contributed by atoms with E-state index in [1.807, 2.05) is 13.0 Å². The smallest absolute Gasteiger partial charge is 0.328 e. The van der Waals surface area contributed by atoms with Crippen LogP contribution >= 0.6 is 11.6 Å². The van der Waals surface area contributed by atoms with Crippen molar-refractivity contribution in [3.8, 4) is 5.69 Å². The lowest BCUT2D eigenvalue weighted by atomic mass is 9.97. The van der Waals surface area contributed by atoms with Crippen LogP contribution in [0.2, 0.25) is 5.02 Å². The molecule has 0 bridgehead atoms. The number of halogens is 3. The third-order valence-corrected chi connectivity index (χ3v) is 6.78. The molecule has 196 valence electrons. The molecule has 1 saturated heterocycles. The maximum Gasteiger partial charge on any atom is 0.328 e. The van der Waals surface area contributed by atoms with Gasteiger partial charge in [-0.1, -0.05) is 29.8 Å². The van der Waals surface area contributed by atoms with Gasteiger partial charge in [-0.25, -0.2) is 18.3 Å². The Hall–Kier alpha value is -4.05. The van der Waals surface area contributed by atoms with Crippen LogP contribution in [0.15, 0.2) is 60.8 Å². The van der Waals surface area contributed by atoms with E-state index in [2.05, 4.69) is 10.4 Å². The van der Waals surface area contributed by atoms with Gasteiger partial charge in [-0.05, 0) is 37.3 Å². The van der Waals surface area contributed by atoms with Gasteiger partial charge < -0.3 is 15.0 Å². The molecule has 3 aromatic rings.